The van der Waals surface area contributed by atoms with Gasteiger partial charge in [0.05, 0.1) is 6.10 Å². The lowest BCUT2D eigenvalue weighted by atomic mass is 9.73. The predicted octanol–water partition coefficient (Wildman–Crippen LogP) is 4.69. The highest BCUT2D eigenvalue weighted by atomic mass is 32.1. The molecule has 0 saturated carbocycles. The van der Waals surface area contributed by atoms with E-state index in [9.17, 15) is 24.0 Å². The highest BCUT2D eigenvalue weighted by molar-refractivity contribution is 7.82. The van der Waals surface area contributed by atoms with Crippen LogP contribution in [0.1, 0.15) is 107 Å². The van der Waals surface area contributed by atoms with Crippen LogP contribution in [0.2, 0.25) is 0 Å². The van der Waals surface area contributed by atoms with Crippen molar-refractivity contribution in [2.24, 2.45) is 5.41 Å². The van der Waals surface area contributed by atoms with Crippen LogP contribution in [0, 0.1) is 5.41 Å². The number of amides is 2. The number of rotatable bonds is 11. The summed E-state index contributed by atoms with van der Waals surface area (Å²) in [5, 5.41) is 5.53. The molecule has 1 aliphatic heterocycles. The lowest BCUT2D eigenvalue weighted by molar-refractivity contribution is -0.130. The fourth-order valence-corrected chi connectivity index (χ4v) is 6.69. The maximum Gasteiger partial charge on any atom is 0.351 e. The number of Topliss-reactive ketones (excluding diaryl/α,β-unsaturated/α-hetero) is 2. The molecule has 1 aromatic heterocycles. The molecular formula is C35H47N5O6S. The third kappa shape index (κ3) is 8.66. The van der Waals surface area contributed by atoms with Gasteiger partial charge in [0.15, 0.2) is 11.6 Å². The Hall–Kier alpha value is -4.03. The predicted molar refractivity (Wildman–Crippen MR) is 186 cm³/mol. The first-order valence-corrected chi connectivity index (χ1v) is 16.5. The minimum Gasteiger partial charge on any atom is -0.383 e. The second kappa shape index (κ2) is 15.7. The average Bonchev–Trinajstić information content (AvgIpc) is 3.51. The largest absolute Gasteiger partial charge is 0.383 e. The summed E-state index contributed by atoms with van der Waals surface area (Å²) in [6, 6.07) is 6.70. The third-order valence-electron chi connectivity index (χ3n) is 8.28. The molecule has 47 heavy (non-hydrogen) atoms. The van der Waals surface area contributed by atoms with Gasteiger partial charge in [0, 0.05) is 63.4 Å². The molecular weight excluding hydrogens is 618 g/mol. The molecule has 1 saturated heterocycles. The van der Waals surface area contributed by atoms with Crippen LogP contribution in [-0.4, -0.2) is 56.9 Å². The smallest absolute Gasteiger partial charge is 0.351 e. The molecule has 3 atom stereocenters. The first-order chi connectivity index (χ1) is 22.2. The normalized spacial score (nSPS) is 19.1. The fourth-order valence-electron chi connectivity index (χ4n) is 6.03. The van der Waals surface area contributed by atoms with Crippen LogP contribution in [0.15, 0.2) is 52.5 Å². The van der Waals surface area contributed by atoms with E-state index in [4.69, 9.17) is 23.1 Å². The van der Waals surface area contributed by atoms with Crippen LogP contribution in [0.4, 0.5) is 5.82 Å². The topological polar surface area (TPSA) is 162 Å². The lowest BCUT2D eigenvalue weighted by Crippen LogP contribution is -2.45. The van der Waals surface area contributed by atoms with E-state index in [1.165, 1.54) is 16.7 Å². The number of carbonyl (C=O) groups is 4. The van der Waals surface area contributed by atoms with E-state index in [-0.39, 0.29) is 48.9 Å². The van der Waals surface area contributed by atoms with Gasteiger partial charge in [0.1, 0.15) is 12.0 Å². The number of benzene rings is 1. The van der Waals surface area contributed by atoms with Gasteiger partial charge < -0.3 is 21.1 Å². The van der Waals surface area contributed by atoms with Crippen LogP contribution in [0.25, 0.3) is 6.08 Å². The number of carbonyl (C=O) groups excluding carboxylic acids is 4. The minimum atomic E-state index is -1.06. The molecule has 254 valence electrons. The summed E-state index contributed by atoms with van der Waals surface area (Å²) in [6.07, 6.45) is 6.53. The zero-order chi connectivity index (χ0) is 35.1. The van der Waals surface area contributed by atoms with Gasteiger partial charge >= 0.3 is 5.69 Å². The molecule has 2 amide bonds. The molecule has 1 aliphatic carbocycles. The first kappa shape index (κ1) is 37.4. The molecule has 2 aromatic rings. The second-order valence-electron chi connectivity index (χ2n) is 12.4. The molecule has 0 bridgehead atoms. The Morgan fingerprint density at radius 2 is 1.68 bits per heavy atom. The van der Waals surface area contributed by atoms with Gasteiger partial charge in [-0.25, -0.2) is 4.79 Å². The molecule has 11 nitrogen and oxygen atoms in total. The van der Waals surface area contributed by atoms with Gasteiger partial charge in [0.2, 0.25) is 11.8 Å². The summed E-state index contributed by atoms with van der Waals surface area (Å²) in [4.78, 5) is 68.3. The summed E-state index contributed by atoms with van der Waals surface area (Å²) >= 11 is 4.80. The Balaban J connectivity index is 0.00000294. The molecule has 1 aromatic carbocycles. The number of thiol groups is 1. The Labute approximate surface area is 281 Å². The molecule has 1 fully saturated rings. The minimum absolute atomic E-state index is 0.00508. The number of anilines is 1. The molecule has 0 radical (unpaired) electrons. The monoisotopic (exact) mass is 665 g/mol. The molecule has 3 unspecified atom stereocenters. The maximum absolute atomic E-state index is 13.4. The van der Waals surface area contributed by atoms with Crippen LogP contribution in [-0.2, 0) is 14.3 Å². The Morgan fingerprint density at radius 1 is 1.06 bits per heavy atom. The second-order valence-corrected chi connectivity index (χ2v) is 13.4. The van der Waals surface area contributed by atoms with Gasteiger partial charge in [-0.1, -0.05) is 58.9 Å². The first-order valence-electron chi connectivity index (χ1n) is 16.1. The zero-order valence-corrected chi connectivity index (χ0v) is 29.2. The van der Waals surface area contributed by atoms with Crippen LogP contribution in [0.5, 0.6) is 0 Å². The van der Waals surface area contributed by atoms with E-state index in [0.717, 1.165) is 12.8 Å². The summed E-state index contributed by atoms with van der Waals surface area (Å²) in [5.74, 6) is -1.19. The average molecular weight is 666 g/mol. The number of nitrogens with one attached hydrogen (secondary N) is 2. The number of fused-ring (bicyclic) bond motifs is 1. The molecule has 2 heterocycles. The number of nitrogens with two attached hydrogens (primary N) is 1. The number of nitrogens with zero attached hydrogens (tertiary/aromatic N) is 2. The quantitative estimate of drug-likeness (QED) is 0.153. The van der Waals surface area contributed by atoms with Gasteiger partial charge in [0.25, 0.3) is 0 Å². The van der Waals surface area contributed by atoms with E-state index in [2.05, 4.69) is 15.6 Å². The van der Waals surface area contributed by atoms with Crippen LogP contribution in [0.3, 0.4) is 0 Å². The molecule has 4 rings (SSSR count). The van der Waals surface area contributed by atoms with E-state index < -0.39 is 28.0 Å². The van der Waals surface area contributed by atoms with E-state index in [1.54, 1.807) is 58.2 Å². The number of hydrogen-bond acceptors (Lipinski definition) is 9. The molecule has 0 spiro atoms. The van der Waals surface area contributed by atoms with Gasteiger partial charge in [-0.2, -0.15) is 17.6 Å². The van der Waals surface area contributed by atoms with Crippen LogP contribution >= 0.6 is 12.6 Å². The van der Waals surface area contributed by atoms with Crippen molar-refractivity contribution in [3.8, 4) is 0 Å². The Kier molecular flexibility index (Phi) is 12.5. The fraction of sp³-hybridized carbons (Fsp3) is 0.486. The summed E-state index contributed by atoms with van der Waals surface area (Å²) in [5.41, 5.74) is 6.19. The highest BCUT2D eigenvalue weighted by Gasteiger charge is 2.43. The van der Waals surface area contributed by atoms with Gasteiger partial charge in [-0.05, 0) is 45.6 Å². The van der Waals surface area contributed by atoms with E-state index >= 15 is 0 Å². The van der Waals surface area contributed by atoms with Crippen molar-refractivity contribution in [1.82, 2.24) is 20.2 Å². The maximum atomic E-state index is 13.4. The lowest BCUT2D eigenvalue weighted by Gasteiger charge is -2.36. The van der Waals surface area contributed by atoms with Crippen molar-refractivity contribution < 1.29 is 23.9 Å². The standard InChI is InChI=1S/C33H41N5O6S.C2H6/c1-6-21-12-14-25(44-21)38-17-20(29(34)37-31(38)43)11-13-24(39)35-15-16-36-30(42)32(3,4)18-33(5,45)26-19(2)27(40)22-9-7-8-10-23(22)28(26)41;1-2/h7-11,13,17,21,25,45H,6,12,14-16,18H2,1-5H3,(H,35,39)(H,36,42)(H2,34,37,43);1-2H3/b13-11+;. The highest BCUT2D eigenvalue weighted by Crippen LogP contribution is 2.42. The number of hydrogen-bond donors (Lipinski definition) is 4. The van der Waals surface area contributed by atoms with Crippen molar-refractivity contribution in [2.75, 3.05) is 18.8 Å². The third-order valence-corrected chi connectivity index (χ3v) is 8.67. The Morgan fingerprint density at radius 3 is 2.30 bits per heavy atom. The SMILES string of the molecule is CC.CCC1CCC(n2cc(/C=C/C(=O)NCCNC(=O)C(C)(C)CC(C)(S)C3=C(C)C(=O)c4ccccc4C3=O)c(N)nc2=O)O1. The number of aromatic nitrogens is 2. The van der Waals surface area contributed by atoms with Crippen molar-refractivity contribution in [3.63, 3.8) is 0 Å². The summed E-state index contributed by atoms with van der Waals surface area (Å²) < 4.78 is 6.23. The van der Waals surface area contributed by atoms with Crippen molar-refractivity contribution >= 4 is 47.9 Å². The van der Waals surface area contributed by atoms with Crippen LogP contribution < -0.4 is 22.1 Å². The van der Waals surface area contributed by atoms with Crippen molar-refractivity contribution in [3.05, 3.63) is 74.9 Å². The zero-order valence-electron chi connectivity index (χ0n) is 28.3. The van der Waals surface area contributed by atoms with Gasteiger partial charge in [-0.15, -0.1) is 0 Å². The number of ketones is 2. The Bertz CT molecular complexity index is 1640. The molecule has 2 aliphatic rings. The van der Waals surface area contributed by atoms with Crippen molar-refractivity contribution in [1.29, 1.82) is 0 Å². The number of allylic oxidation sites excluding steroid dienone is 1. The number of ether oxygens (including phenoxy) is 1. The van der Waals surface area contributed by atoms with E-state index in [1.807, 2.05) is 20.8 Å². The summed E-state index contributed by atoms with van der Waals surface area (Å²) in [6.45, 7) is 13.2. The molecule has 4 N–H and O–H groups in total. The van der Waals surface area contributed by atoms with Crippen molar-refractivity contribution in [2.45, 2.75) is 91.2 Å². The van der Waals surface area contributed by atoms with E-state index in [0.29, 0.717) is 34.3 Å². The number of nitrogen functional groups attached to an aromatic ring is 1. The molecule has 12 heteroatoms. The van der Waals surface area contributed by atoms with Gasteiger partial charge in [-0.3, -0.25) is 23.7 Å². The summed E-state index contributed by atoms with van der Waals surface area (Å²) in [7, 11) is 0.